The van der Waals surface area contributed by atoms with Gasteiger partial charge < -0.3 is 0 Å². The molecule has 2 atom stereocenters. The summed E-state index contributed by atoms with van der Waals surface area (Å²) in [6.07, 6.45) is 7.16. The summed E-state index contributed by atoms with van der Waals surface area (Å²) in [5.74, 6) is 0.429. The van der Waals surface area contributed by atoms with E-state index >= 15 is 0 Å². The predicted molar refractivity (Wildman–Crippen MR) is 52.6 cm³/mol. The molecule has 2 rings (SSSR count). The molecule has 0 bridgehead atoms. The number of carbonyl (C=O) groups is 1. The lowest BCUT2D eigenvalue weighted by atomic mass is 9.93. The first-order chi connectivity index (χ1) is 6.33. The van der Waals surface area contributed by atoms with Crippen LogP contribution in [0.2, 0.25) is 0 Å². The molecule has 72 valence electrons. The third-order valence-corrected chi connectivity index (χ3v) is 3.31. The molecule has 2 fully saturated rings. The normalized spacial score (nSPS) is 34.6. The van der Waals surface area contributed by atoms with E-state index in [0.717, 1.165) is 25.8 Å². The Hall–Kier alpha value is -0.630. The Balaban J connectivity index is 2.10. The van der Waals surface area contributed by atoms with Gasteiger partial charge in [-0.05, 0) is 32.2 Å². The number of hydrogen-bond acceptors (Lipinski definition) is 2. The highest BCUT2D eigenvalue weighted by Crippen LogP contribution is 2.30. The predicted octanol–water partition coefficient (Wildman–Crippen LogP) is 1.76. The Labute approximate surface area is 79.6 Å². The van der Waals surface area contributed by atoms with Crippen molar-refractivity contribution < 1.29 is 4.79 Å². The van der Waals surface area contributed by atoms with Crippen molar-refractivity contribution in [2.75, 3.05) is 6.54 Å². The second-order valence-electron chi connectivity index (χ2n) is 4.08. The second-order valence-corrected chi connectivity index (χ2v) is 4.08. The van der Waals surface area contributed by atoms with Crippen molar-refractivity contribution in [3.8, 4) is 0 Å². The van der Waals surface area contributed by atoms with Gasteiger partial charge in [-0.15, -0.1) is 6.58 Å². The van der Waals surface area contributed by atoms with Crippen LogP contribution in [0.1, 0.15) is 32.1 Å². The van der Waals surface area contributed by atoms with Crippen LogP contribution in [0.25, 0.3) is 0 Å². The minimum Gasteiger partial charge on any atom is -0.298 e. The Bertz CT molecular complexity index is 224. The molecule has 2 aliphatic rings. The zero-order chi connectivity index (χ0) is 9.26. The number of piperidine rings is 1. The van der Waals surface area contributed by atoms with Gasteiger partial charge in [-0.25, -0.2) is 0 Å². The molecule has 0 amide bonds. The van der Waals surface area contributed by atoms with Crippen LogP contribution in [0.3, 0.4) is 0 Å². The zero-order valence-electron chi connectivity index (χ0n) is 8.04. The summed E-state index contributed by atoms with van der Waals surface area (Å²) in [6.45, 7) is 4.84. The van der Waals surface area contributed by atoms with E-state index < -0.39 is 0 Å². The molecular formula is C11H17NO. The van der Waals surface area contributed by atoms with Crippen molar-refractivity contribution in [2.45, 2.75) is 44.2 Å². The van der Waals surface area contributed by atoms with E-state index in [1.807, 2.05) is 6.08 Å². The molecule has 0 spiro atoms. The standard InChI is InChI=1S/C11H17NO/c1-2-4-10-11(13)7-6-9-5-3-8-12(9)10/h2,9-10H,1,3-8H2/t9-,10-/m0/s1. The number of hydrogen-bond donors (Lipinski definition) is 0. The van der Waals surface area contributed by atoms with Crippen molar-refractivity contribution in [3.05, 3.63) is 12.7 Å². The SMILES string of the molecule is C=CC[C@H]1C(=O)CC[C@@H]2CCCN21. The van der Waals surface area contributed by atoms with Crippen LogP contribution in [-0.2, 0) is 4.79 Å². The monoisotopic (exact) mass is 179 g/mol. The van der Waals surface area contributed by atoms with Crippen molar-refractivity contribution in [1.29, 1.82) is 0 Å². The van der Waals surface area contributed by atoms with Crippen LogP contribution in [0, 0.1) is 0 Å². The molecule has 0 aromatic carbocycles. The fraction of sp³-hybridized carbons (Fsp3) is 0.727. The highest BCUT2D eigenvalue weighted by Gasteiger charge is 2.37. The van der Waals surface area contributed by atoms with Gasteiger partial charge in [-0.2, -0.15) is 0 Å². The third kappa shape index (κ3) is 1.55. The summed E-state index contributed by atoms with van der Waals surface area (Å²) in [6, 6.07) is 0.862. The van der Waals surface area contributed by atoms with Gasteiger partial charge >= 0.3 is 0 Å². The lowest BCUT2D eigenvalue weighted by molar-refractivity contribution is -0.127. The molecule has 2 saturated heterocycles. The third-order valence-electron chi connectivity index (χ3n) is 3.31. The molecule has 0 aliphatic carbocycles. The molecule has 0 aromatic heterocycles. The number of rotatable bonds is 2. The molecule has 0 unspecified atom stereocenters. The largest absolute Gasteiger partial charge is 0.298 e. The Morgan fingerprint density at radius 1 is 1.54 bits per heavy atom. The summed E-state index contributed by atoms with van der Waals surface area (Å²) in [5, 5.41) is 0. The molecule has 13 heavy (non-hydrogen) atoms. The molecule has 0 aromatic rings. The summed E-state index contributed by atoms with van der Waals surface area (Å²) < 4.78 is 0. The number of ketones is 1. The molecule has 0 N–H and O–H groups in total. The minimum absolute atomic E-state index is 0.166. The molecule has 2 aliphatic heterocycles. The maximum Gasteiger partial charge on any atom is 0.150 e. The van der Waals surface area contributed by atoms with Crippen molar-refractivity contribution in [2.24, 2.45) is 0 Å². The van der Waals surface area contributed by atoms with Gasteiger partial charge in [0.05, 0.1) is 6.04 Å². The molecule has 0 saturated carbocycles. The summed E-state index contributed by atoms with van der Waals surface area (Å²) in [7, 11) is 0. The van der Waals surface area contributed by atoms with Crippen molar-refractivity contribution in [1.82, 2.24) is 4.90 Å². The molecule has 2 heteroatoms. The molecule has 2 nitrogen and oxygen atoms in total. The average molecular weight is 179 g/mol. The number of carbonyl (C=O) groups excluding carboxylic acids is 1. The topological polar surface area (TPSA) is 20.3 Å². The van der Waals surface area contributed by atoms with Gasteiger partial charge in [0.2, 0.25) is 0 Å². The van der Waals surface area contributed by atoms with Crippen LogP contribution in [0.15, 0.2) is 12.7 Å². The van der Waals surface area contributed by atoms with Crippen molar-refractivity contribution in [3.63, 3.8) is 0 Å². The van der Waals surface area contributed by atoms with Gasteiger partial charge in [0, 0.05) is 12.5 Å². The highest BCUT2D eigenvalue weighted by atomic mass is 16.1. The Morgan fingerprint density at radius 2 is 2.38 bits per heavy atom. The number of nitrogens with zero attached hydrogens (tertiary/aromatic N) is 1. The molecule has 0 radical (unpaired) electrons. The second kappa shape index (κ2) is 3.62. The van der Waals surface area contributed by atoms with Crippen LogP contribution >= 0.6 is 0 Å². The summed E-state index contributed by atoms with van der Waals surface area (Å²) in [4.78, 5) is 14.0. The zero-order valence-corrected chi connectivity index (χ0v) is 8.04. The van der Waals surface area contributed by atoms with E-state index in [-0.39, 0.29) is 6.04 Å². The summed E-state index contributed by atoms with van der Waals surface area (Å²) >= 11 is 0. The quantitative estimate of drug-likeness (QED) is 0.602. The van der Waals surface area contributed by atoms with E-state index in [1.165, 1.54) is 12.8 Å². The number of fused-ring (bicyclic) bond motifs is 1. The maximum atomic E-state index is 11.6. The lowest BCUT2D eigenvalue weighted by Crippen LogP contribution is -2.47. The molecule has 2 heterocycles. The highest BCUT2D eigenvalue weighted by molar-refractivity contribution is 5.85. The van der Waals surface area contributed by atoms with E-state index in [4.69, 9.17) is 0 Å². The molecular weight excluding hydrogens is 162 g/mol. The van der Waals surface area contributed by atoms with Gasteiger partial charge in [0.1, 0.15) is 5.78 Å². The van der Waals surface area contributed by atoms with Gasteiger partial charge in [-0.1, -0.05) is 6.08 Å². The fourth-order valence-corrected chi connectivity index (χ4v) is 2.66. The van der Waals surface area contributed by atoms with E-state index in [9.17, 15) is 4.79 Å². The lowest BCUT2D eigenvalue weighted by Gasteiger charge is -2.36. The van der Waals surface area contributed by atoms with Crippen molar-refractivity contribution >= 4 is 5.78 Å². The first-order valence-electron chi connectivity index (χ1n) is 5.22. The van der Waals surface area contributed by atoms with Gasteiger partial charge in [-0.3, -0.25) is 9.69 Å². The Morgan fingerprint density at radius 3 is 3.15 bits per heavy atom. The van der Waals surface area contributed by atoms with E-state index in [2.05, 4.69) is 11.5 Å². The van der Waals surface area contributed by atoms with Gasteiger partial charge in [0.25, 0.3) is 0 Å². The minimum atomic E-state index is 0.166. The first-order valence-corrected chi connectivity index (χ1v) is 5.22. The van der Waals surface area contributed by atoms with Crippen LogP contribution < -0.4 is 0 Å². The first kappa shape index (κ1) is 8.95. The van der Waals surface area contributed by atoms with Crippen LogP contribution in [0.4, 0.5) is 0 Å². The fourth-order valence-electron chi connectivity index (χ4n) is 2.66. The van der Waals surface area contributed by atoms with Crippen LogP contribution in [0.5, 0.6) is 0 Å². The average Bonchev–Trinajstić information content (AvgIpc) is 2.58. The van der Waals surface area contributed by atoms with Crippen LogP contribution in [-0.4, -0.2) is 29.3 Å². The maximum absolute atomic E-state index is 11.6. The summed E-state index contributed by atoms with van der Waals surface area (Å²) in [5.41, 5.74) is 0. The smallest absolute Gasteiger partial charge is 0.150 e. The van der Waals surface area contributed by atoms with Gasteiger partial charge in [0.15, 0.2) is 0 Å². The van der Waals surface area contributed by atoms with E-state index in [1.54, 1.807) is 0 Å². The number of Topliss-reactive ketones (excluding diaryl/α,β-unsaturated/α-hetero) is 1. The Kier molecular flexibility index (Phi) is 2.49. The van der Waals surface area contributed by atoms with E-state index in [0.29, 0.717) is 11.8 Å².